The molecule has 1 heterocycles. The highest BCUT2D eigenvalue weighted by Crippen LogP contribution is 2.33. The summed E-state index contributed by atoms with van der Waals surface area (Å²) in [6, 6.07) is 0.551. The lowest BCUT2D eigenvalue weighted by Crippen LogP contribution is -1.98. The Bertz CT molecular complexity index is 235. The van der Waals surface area contributed by atoms with Crippen LogP contribution in [-0.2, 0) is 0 Å². The van der Waals surface area contributed by atoms with Crippen LogP contribution in [0.4, 0.5) is 0 Å². The van der Waals surface area contributed by atoms with Gasteiger partial charge in [-0.2, -0.15) is 5.10 Å². The largest absolute Gasteiger partial charge is 0.385 e. The van der Waals surface area contributed by atoms with Crippen LogP contribution in [0.2, 0.25) is 0 Å². The summed E-state index contributed by atoms with van der Waals surface area (Å²) in [6.07, 6.45) is 3.54. The van der Waals surface area contributed by atoms with Crippen molar-refractivity contribution in [1.29, 1.82) is 0 Å². The fourth-order valence-electron chi connectivity index (χ4n) is 0.995. The van der Waals surface area contributed by atoms with E-state index in [0.29, 0.717) is 11.9 Å². The van der Waals surface area contributed by atoms with E-state index in [1.807, 2.05) is 4.68 Å². The van der Waals surface area contributed by atoms with E-state index in [1.54, 1.807) is 13.3 Å². The third-order valence-corrected chi connectivity index (χ3v) is 1.82. The van der Waals surface area contributed by atoms with Crippen molar-refractivity contribution in [3.05, 3.63) is 12.2 Å². The van der Waals surface area contributed by atoms with E-state index in [4.69, 9.17) is 5.11 Å². The topological polar surface area (TPSA) is 50.9 Å². The van der Waals surface area contributed by atoms with E-state index in [9.17, 15) is 0 Å². The molecule has 0 aromatic carbocycles. The van der Waals surface area contributed by atoms with Crippen LogP contribution >= 0.6 is 0 Å². The quantitative estimate of drug-likeness (QED) is 0.679. The first kappa shape index (κ1) is 6.79. The summed E-state index contributed by atoms with van der Waals surface area (Å²) in [5.74, 6) is 0.525. The van der Waals surface area contributed by atoms with Gasteiger partial charge in [0, 0.05) is 0 Å². The van der Waals surface area contributed by atoms with Crippen LogP contribution in [0, 0.1) is 0 Å². The molecule has 0 aliphatic heterocycles. The predicted octanol–water partition coefficient (Wildman–Crippen LogP) is 0.666. The van der Waals surface area contributed by atoms with Crippen molar-refractivity contribution < 1.29 is 5.11 Å². The van der Waals surface area contributed by atoms with E-state index < -0.39 is 6.10 Å². The Hall–Kier alpha value is -0.900. The lowest BCUT2D eigenvalue weighted by Gasteiger charge is -1.95. The molecule has 1 N–H and O–H groups in total. The van der Waals surface area contributed by atoms with Gasteiger partial charge in [-0.1, -0.05) is 0 Å². The smallest absolute Gasteiger partial charge is 0.178 e. The first-order valence-corrected chi connectivity index (χ1v) is 3.86. The minimum Gasteiger partial charge on any atom is -0.385 e. The lowest BCUT2D eigenvalue weighted by molar-refractivity contribution is 0.188. The number of rotatable bonds is 2. The maximum absolute atomic E-state index is 9.10. The number of aliphatic hydroxyl groups is 1. The van der Waals surface area contributed by atoms with Gasteiger partial charge < -0.3 is 5.11 Å². The fraction of sp³-hybridized carbons (Fsp3) is 0.714. The molecule has 4 heteroatoms. The molecule has 11 heavy (non-hydrogen) atoms. The Balaban J connectivity index is 2.18. The van der Waals surface area contributed by atoms with Gasteiger partial charge in [0.15, 0.2) is 5.82 Å². The van der Waals surface area contributed by atoms with Crippen molar-refractivity contribution in [2.24, 2.45) is 0 Å². The van der Waals surface area contributed by atoms with Crippen molar-refractivity contribution in [2.45, 2.75) is 31.9 Å². The van der Waals surface area contributed by atoms with Crippen LogP contribution in [0.3, 0.4) is 0 Å². The Morgan fingerprint density at radius 2 is 2.45 bits per heavy atom. The summed E-state index contributed by atoms with van der Waals surface area (Å²) >= 11 is 0. The first-order valence-electron chi connectivity index (χ1n) is 3.86. The molecule has 0 spiro atoms. The van der Waals surface area contributed by atoms with E-state index in [1.165, 1.54) is 12.8 Å². The molecule has 0 amide bonds. The zero-order chi connectivity index (χ0) is 7.84. The summed E-state index contributed by atoms with van der Waals surface area (Å²) in [5, 5.41) is 13.2. The van der Waals surface area contributed by atoms with Gasteiger partial charge in [0.1, 0.15) is 12.4 Å². The van der Waals surface area contributed by atoms with Crippen LogP contribution in [-0.4, -0.2) is 19.9 Å². The number of hydrogen-bond donors (Lipinski definition) is 1. The summed E-state index contributed by atoms with van der Waals surface area (Å²) in [5.41, 5.74) is 0. The summed E-state index contributed by atoms with van der Waals surface area (Å²) < 4.78 is 1.84. The van der Waals surface area contributed by atoms with E-state index in [0.717, 1.165) is 0 Å². The van der Waals surface area contributed by atoms with Crippen molar-refractivity contribution in [1.82, 2.24) is 14.8 Å². The van der Waals surface area contributed by atoms with Crippen molar-refractivity contribution in [2.75, 3.05) is 0 Å². The first-order chi connectivity index (χ1) is 5.27. The summed E-state index contributed by atoms with van der Waals surface area (Å²) in [7, 11) is 0. The van der Waals surface area contributed by atoms with Crippen LogP contribution in [0.1, 0.15) is 37.7 Å². The fourth-order valence-corrected chi connectivity index (χ4v) is 0.995. The number of aliphatic hydroxyl groups excluding tert-OH is 1. The summed E-state index contributed by atoms with van der Waals surface area (Å²) in [6.45, 7) is 1.67. The number of aromatic nitrogens is 3. The molecule has 0 bridgehead atoms. The van der Waals surface area contributed by atoms with Gasteiger partial charge in [0.25, 0.3) is 0 Å². The molecule has 0 radical (unpaired) electrons. The van der Waals surface area contributed by atoms with Gasteiger partial charge in [0.2, 0.25) is 0 Å². The second kappa shape index (κ2) is 2.30. The number of nitrogens with zero attached hydrogens (tertiary/aromatic N) is 3. The van der Waals surface area contributed by atoms with E-state index in [2.05, 4.69) is 10.1 Å². The Morgan fingerprint density at radius 1 is 1.73 bits per heavy atom. The van der Waals surface area contributed by atoms with Crippen molar-refractivity contribution >= 4 is 0 Å². The standard InChI is InChI=1S/C7H11N3O/c1-5(11)7-8-4-10(9-7)6-2-3-6/h4-6,11H,2-3H2,1H3. The molecule has 0 saturated heterocycles. The molecular formula is C7H11N3O. The minimum atomic E-state index is -0.546. The molecule has 4 nitrogen and oxygen atoms in total. The van der Waals surface area contributed by atoms with Gasteiger partial charge in [-0.25, -0.2) is 9.67 Å². The molecule has 1 aliphatic carbocycles. The van der Waals surface area contributed by atoms with Gasteiger partial charge in [-0.3, -0.25) is 0 Å². The monoisotopic (exact) mass is 153 g/mol. The van der Waals surface area contributed by atoms with Crippen molar-refractivity contribution in [3.63, 3.8) is 0 Å². The van der Waals surface area contributed by atoms with E-state index >= 15 is 0 Å². The summed E-state index contributed by atoms with van der Waals surface area (Å²) in [4.78, 5) is 3.98. The Kier molecular flexibility index (Phi) is 1.42. The zero-order valence-electron chi connectivity index (χ0n) is 6.44. The van der Waals surface area contributed by atoms with Crippen molar-refractivity contribution in [3.8, 4) is 0 Å². The molecule has 1 saturated carbocycles. The molecule has 1 unspecified atom stereocenters. The van der Waals surface area contributed by atoms with Crippen LogP contribution < -0.4 is 0 Å². The number of hydrogen-bond acceptors (Lipinski definition) is 3. The van der Waals surface area contributed by atoms with E-state index in [-0.39, 0.29) is 0 Å². The molecule has 2 rings (SSSR count). The highest BCUT2D eigenvalue weighted by atomic mass is 16.3. The third-order valence-electron chi connectivity index (χ3n) is 1.82. The molecule has 1 aliphatic rings. The molecular weight excluding hydrogens is 142 g/mol. The van der Waals surface area contributed by atoms with Gasteiger partial charge in [-0.15, -0.1) is 0 Å². The maximum Gasteiger partial charge on any atom is 0.178 e. The molecule has 1 fully saturated rings. The Morgan fingerprint density at radius 3 is 2.91 bits per heavy atom. The average molecular weight is 153 g/mol. The Labute approximate surface area is 64.9 Å². The van der Waals surface area contributed by atoms with Crippen LogP contribution in [0.15, 0.2) is 6.33 Å². The van der Waals surface area contributed by atoms with Crippen LogP contribution in [0.5, 0.6) is 0 Å². The molecule has 1 aromatic rings. The zero-order valence-corrected chi connectivity index (χ0v) is 6.44. The highest BCUT2D eigenvalue weighted by Gasteiger charge is 2.25. The molecule has 60 valence electrons. The van der Waals surface area contributed by atoms with Gasteiger partial charge >= 0.3 is 0 Å². The highest BCUT2D eigenvalue weighted by molar-refractivity contribution is 4.89. The van der Waals surface area contributed by atoms with Gasteiger partial charge in [-0.05, 0) is 19.8 Å². The molecule has 1 atom stereocenters. The lowest BCUT2D eigenvalue weighted by atomic mass is 10.4. The third kappa shape index (κ3) is 1.26. The second-order valence-corrected chi connectivity index (χ2v) is 2.99. The predicted molar refractivity (Wildman–Crippen MR) is 38.9 cm³/mol. The maximum atomic E-state index is 9.10. The van der Waals surface area contributed by atoms with Crippen LogP contribution in [0.25, 0.3) is 0 Å². The SMILES string of the molecule is CC(O)c1ncn(C2CC2)n1. The average Bonchev–Trinajstić information content (AvgIpc) is 2.68. The minimum absolute atomic E-state index is 0.525. The molecule has 1 aromatic heterocycles. The normalized spacial score (nSPS) is 20.2. The second-order valence-electron chi connectivity index (χ2n) is 2.99. The van der Waals surface area contributed by atoms with Gasteiger partial charge in [0.05, 0.1) is 6.04 Å².